The van der Waals surface area contributed by atoms with Crippen molar-refractivity contribution in [1.29, 1.82) is 0 Å². The Morgan fingerprint density at radius 1 is 1.44 bits per heavy atom. The molecular formula is C12H12BrNO2. The molecule has 16 heavy (non-hydrogen) atoms. The van der Waals surface area contributed by atoms with Crippen molar-refractivity contribution < 1.29 is 9.53 Å². The van der Waals surface area contributed by atoms with Gasteiger partial charge in [0.05, 0.1) is 6.61 Å². The number of hydrogen-bond donors (Lipinski definition) is 0. The fourth-order valence-electron chi connectivity index (χ4n) is 1.46. The van der Waals surface area contributed by atoms with E-state index in [1.165, 1.54) is 0 Å². The molecule has 0 bridgehead atoms. The van der Waals surface area contributed by atoms with Gasteiger partial charge in [-0.3, -0.25) is 4.79 Å². The number of benzene rings is 1. The lowest BCUT2D eigenvalue weighted by Crippen LogP contribution is -2.26. The molecule has 0 unspecified atom stereocenters. The predicted molar refractivity (Wildman–Crippen MR) is 65.7 cm³/mol. The van der Waals surface area contributed by atoms with Crippen molar-refractivity contribution >= 4 is 27.9 Å². The third kappa shape index (κ3) is 2.71. The van der Waals surface area contributed by atoms with Crippen molar-refractivity contribution in [1.82, 2.24) is 4.90 Å². The number of hydrogen-bond acceptors (Lipinski definition) is 2. The molecule has 0 aromatic heterocycles. The third-order valence-electron chi connectivity index (χ3n) is 2.38. The average molecular weight is 282 g/mol. The van der Waals surface area contributed by atoms with E-state index in [9.17, 15) is 4.79 Å². The molecule has 3 nitrogen and oxygen atoms in total. The molecule has 1 aliphatic rings. The van der Waals surface area contributed by atoms with Gasteiger partial charge in [-0.25, -0.2) is 0 Å². The molecule has 1 amide bonds. The van der Waals surface area contributed by atoms with Crippen molar-refractivity contribution in [2.24, 2.45) is 0 Å². The highest BCUT2D eigenvalue weighted by atomic mass is 79.9. The number of rotatable bonds is 2. The molecule has 2 rings (SSSR count). The Morgan fingerprint density at radius 2 is 2.25 bits per heavy atom. The van der Waals surface area contributed by atoms with Gasteiger partial charge in [0.25, 0.3) is 0 Å². The molecule has 1 heterocycles. The van der Waals surface area contributed by atoms with E-state index in [0.717, 1.165) is 10.0 Å². The van der Waals surface area contributed by atoms with E-state index in [1.807, 2.05) is 30.3 Å². The number of carbonyl (C=O) groups excluding carboxylic acids is 1. The van der Waals surface area contributed by atoms with Crippen molar-refractivity contribution in [2.75, 3.05) is 19.9 Å². The molecule has 0 aliphatic carbocycles. The molecule has 0 radical (unpaired) electrons. The topological polar surface area (TPSA) is 29.5 Å². The van der Waals surface area contributed by atoms with Crippen LogP contribution < -0.4 is 0 Å². The first-order chi connectivity index (χ1) is 7.77. The summed E-state index contributed by atoms with van der Waals surface area (Å²) in [5.41, 5.74) is 0.996. The second-order valence-electron chi connectivity index (χ2n) is 3.49. The Labute approximate surface area is 103 Å². The van der Waals surface area contributed by atoms with Gasteiger partial charge < -0.3 is 9.64 Å². The summed E-state index contributed by atoms with van der Waals surface area (Å²) >= 11 is 3.43. The van der Waals surface area contributed by atoms with Gasteiger partial charge in [-0.15, -0.1) is 0 Å². The Morgan fingerprint density at radius 3 is 2.94 bits per heavy atom. The van der Waals surface area contributed by atoms with Crippen LogP contribution in [0, 0.1) is 0 Å². The summed E-state index contributed by atoms with van der Waals surface area (Å²) in [5.74, 6) is -0.00625. The zero-order chi connectivity index (χ0) is 11.4. The second kappa shape index (κ2) is 5.27. The lowest BCUT2D eigenvalue weighted by atomic mass is 10.2. The molecule has 1 aromatic rings. The molecule has 1 aliphatic heterocycles. The molecule has 4 heteroatoms. The van der Waals surface area contributed by atoms with Crippen LogP contribution in [-0.4, -0.2) is 30.7 Å². The predicted octanol–water partition coefficient (Wildman–Crippen LogP) is 2.28. The molecule has 84 valence electrons. The van der Waals surface area contributed by atoms with Gasteiger partial charge in [0.15, 0.2) is 0 Å². The summed E-state index contributed by atoms with van der Waals surface area (Å²) in [6.07, 6.45) is 3.39. The summed E-state index contributed by atoms with van der Waals surface area (Å²) in [4.78, 5) is 13.3. The average Bonchev–Trinajstić information content (AvgIpc) is 2.81. The SMILES string of the molecule is O=C(C=Cc1ccccc1Br)N1CCOC1. The van der Waals surface area contributed by atoms with Crippen LogP contribution in [0.1, 0.15) is 5.56 Å². The van der Waals surface area contributed by atoms with Gasteiger partial charge in [0.1, 0.15) is 6.73 Å². The maximum atomic E-state index is 11.7. The molecular weight excluding hydrogens is 270 g/mol. The minimum atomic E-state index is -0.00625. The number of carbonyl (C=O) groups is 1. The molecule has 0 atom stereocenters. The summed E-state index contributed by atoms with van der Waals surface area (Å²) in [7, 11) is 0. The van der Waals surface area contributed by atoms with Crippen LogP contribution in [0.4, 0.5) is 0 Å². The smallest absolute Gasteiger partial charge is 0.248 e. The standard InChI is InChI=1S/C12H12BrNO2/c13-11-4-2-1-3-10(11)5-6-12(15)14-7-8-16-9-14/h1-6H,7-9H2. The van der Waals surface area contributed by atoms with Crippen LogP contribution in [0.3, 0.4) is 0 Å². The first-order valence-electron chi connectivity index (χ1n) is 5.06. The van der Waals surface area contributed by atoms with E-state index in [2.05, 4.69) is 15.9 Å². The quantitative estimate of drug-likeness (QED) is 0.779. The van der Waals surface area contributed by atoms with Crippen LogP contribution in [0.25, 0.3) is 6.08 Å². The zero-order valence-corrected chi connectivity index (χ0v) is 10.3. The van der Waals surface area contributed by atoms with E-state index in [1.54, 1.807) is 11.0 Å². The van der Waals surface area contributed by atoms with Crippen molar-refractivity contribution in [3.8, 4) is 0 Å². The van der Waals surface area contributed by atoms with Gasteiger partial charge in [0, 0.05) is 17.1 Å². The van der Waals surface area contributed by atoms with Crippen LogP contribution in [0.15, 0.2) is 34.8 Å². The summed E-state index contributed by atoms with van der Waals surface area (Å²) in [6, 6.07) is 7.78. The highest BCUT2D eigenvalue weighted by Crippen LogP contribution is 2.17. The van der Waals surface area contributed by atoms with Crippen molar-refractivity contribution in [2.45, 2.75) is 0 Å². The number of halogens is 1. The van der Waals surface area contributed by atoms with Gasteiger partial charge in [-0.1, -0.05) is 34.1 Å². The second-order valence-corrected chi connectivity index (χ2v) is 4.35. The molecule has 0 spiro atoms. The Balaban J connectivity index is 2.03. The monoisotopic (exact) mass is 281 g/mol. The molecule has 1 saturated heterocycles. The van der Waals surface area contributed by atoms with Gasteiger partial charge >= 0.3 is 0 Å². The lowest BCUT2D eigenvalue weighted by molar-refractivity contribution is -0.126. The van der Waals surface area contributed by atoms with Crippen LogP contribution in [0.2, 0.25) is 0 Å². The van der Waals surface area contributed by atoms with E-state index in [0.29, 0.717) is 19.9 Å². The lowest BCUT2D eigenvalue weighted by Gasteiger charge is -2.09. The highest BCUT2D eigenvalue weighted by molar-refractivity contribution is 9.10. The fourth-order valence-corrected chi connectivity index (χ4v) is 1.88. The van der Waals surface area contributed by atoms with Crippen LogP contribution in [0.5, 0.6) is 0 Å². The fraction of sp³-hybridized carbons (Fsp3) is 0.250. The summed E-state index contributed by atoms with van der Waals surface area (Å²) in [5, 5.41) is 0. The van der Waals surface area contributed by atoms with E-state index >= 15 is 0 Å². The van der Waals surface area contributed by atoms with Crippen LogP contribution in [-0.2, 0) is 9.53 Å². The maximum absolute atomic E-state index is 11.7. The van der Waals surface area contributed by atoms with E-state index < -0.39 is 0 Å². The normalized spacial score (nSPS) is 15.9. The highest BCUT2D eigenvalue weighted by Gasteiger charge is 2.15. The van der Waals surface area contributed by atoms with Crippen LogP contribution >= 0.6 is 15.9 Å². The molecule has 0 saturated carbocycles. The first-order valence-corrected chi connectivity index (χ1v) is 5.86. The molecule has 0 N–H and O–H groups in total. The Bertz CT molecular complexity index is 411. The molecule has 1 aromatic carbocycles. The summed E-state index contributed by atoms with van der Waals surface area (Å²) in [6.45, 7) is 1.72. The number of nitrogens with zero attached hydrogens (tertiary/aromatic N) is 1. The summed E-state index contributed by atoms with van der Waals surface area (Å²) < 4.78 is 6.10. The van der Waals surface area contributed by atoms with Crippen molar-refractivity contribution in [3.63, 3.8) is 0 Å². The maximum Gasteiger partial charge on any atom is 0.248 e. The van der Waals surface area contributed by atoms with Gasteiger partial charge in [-0.05, 0) is 17.7 Å². The third-order valence-corrected chi connectivity index (χ3v) is 3.10. The first kappa shape index (κ1) is 11.4. The largest absolute Gasteiger partial charge is 0.359 e. The molecule has 1 fully saturated rings. The van der Waals surface area contributed by atoms with Gasteiger partial charge in [0.2, 0.25) is 5.91 Å². The minimum Gasteiger partial charge on any atom is -0.359 e. The van der Waals surface area contributed by atoms with E-state index in [-0.39, 0.29) is 5.91 Å². The van der Waals surface area contributed by atoms with Gasteiger partial charge in [-0.2, -0.15) is 0 Å². The Hall–Kier alpha value is -1.13. The zero-order valence-electron chi connectivity index (χ0n) is 8.73. The van der Waals surface area contributed by atoms with E-state index in [4.69, 9.17) is 4.74 Å². The number of amides is 1. The number of ether oxygens (including phenoxy) is 1. The van der Waals surface area contributed by atoms with Crippen molar-refractivity contribution in [3.05, 3.63) is 40.4 Å². The minimum absolute atomic E-state index is 0.00625. The Kier molecular flexibility index (Phi) is 3.74.